The summed E-state index contributed by atoms with van der Waals surface area (Å²) in [7, 11) is 3.12. The van der Waals surface area contributed by atoms with E-state index >= 15 is 0 Å². The van der Waals surface area contributed by atoms with Crippen LogP contribution in [0.4, 0.5) is 5.13 Å². The minimum absolute atomic E-state index is 0.129. The molecule has 7 heteroatoms. The van der Waals surface area contributed by atoms with E-state index in [1.54, 1.807) is 37.3 Å². The Morgan fingerprint density at radius 1 is 1.11 bits per heavy atom. The number of halogens is 1. The van der Waals surface area contributed by atoms with E-state index in [-0.39, 0.29) is 5.91 Å². The topological polar surface area (TPSA) is 51.7 Å². The van der Waals surface area contributed by atoms with Gasteiger partial charge in [-0.1, -0.05) is 28.1 Å². The largest absolute Gasteiger partial charge is 0.493 e. The van der Waals surface area contributed by atoms with E-state index in [9.17, 15) is 4.79 Å². The Labute approximate surface area is 170 Å². The number of thiazole rings is 1. The zero-order valence-electron chi connectivity index (χ0n) is 15.2. The van der Waals surface area contributed by atoms with Crippen LogP contribution in [0.1, 0.15) is 17.3 Å². The molecule has 0 aliphatic rings. The van der Waals surface area contributed by atoms with Gasteiger partial charge in [0.1, 0.15) is 0 Å². The van der Waals surface area contributed by atoms with Gasteiger partial charge in [0.25, 0.3) is 5.91 Å². The van der Waals surface area contributed by atoms with E-state index in [1.807, 2.05) is 36.6 Å². The summed E-state index contributed by atoms with van der Waals surface area (Å²) in [5.74, 6) is 0.980. The van der Waals surface area contributed by atoms with E-state index in [0.29, 0.717) is 28.7 Å². The molecule has 1 heterocycles. The van der Waals surface area contributed by atoms with Crippen molar-refractivity contribution in [3.63, 3.8) is 0 Å². The molecule has 27 heavy (non-hydrogen) atoms. The van der Waals surface area contributed by atoms with Gasteiger partial charge < -0.3 is 9.47 Å². The highest BCUT2D eigenvalue weighted by molar-refractivity contribution is 9.10. The fraction of sp³-hybridized carbons (Fsp3) is 0.200. The molecule has 0 N–H and O–H groups in total. The molecule has 0 spiro atoms. The lowest BCUT2D eigenvalue weighted by Gasteiger charge is -2.18. The van der Waals surface area contributed by atoms with E-state index in [2.05, 4.69) is 20.9 Å². The highest BCUT2D eigenvalue weighted by Crippen LogP contribution is 2.31. The third kappa shape index (κ3) is 4.14. The first-order chi connectivity index (χ1) is 13.1. The maximum absolute atomic E-state index is 13.0. The Bertz CT molecular complexity index is 941. The first-order valence-corrected chi connectivity index (χ1v) is 10.00. The van der Waals surface area contributed by atoms with Crippen molar-refractivity contribution < 1.29 is 14.3 Å². The summed E-state index contributed by atoms with van der Waals surface area (Å²) in [5.41, 5.74) is 2.38. The van der Waals surface area contributed by atoms with Crippen molar-refractivity contribution in [2.24, 2.45) is 0 Å². The van der Waals surface area contributed by atoms with Crippen LogP contribution in [0, 0.1) is 0 Å². The van der Waals surface area contributed by atoms with Gasteiger partial charge in [-0.3, -0.25) is 9.69 Å². The van der Waals surface area contributed by atoms with E-state index in [0.717, 1.165) is 15.7 Å². The predicted octanol–water partition coefficient (Wildman–Crippen LogP) is 5.26. The number of nitrogens with zero attached hydrogens (tertiary/aromatic N) is 2. The van der Waals surface area contributed by atoms with Crippen molar-refractivity contribution in [2.75, 3.05) is 25.7 Å². The van der Waals surface area contributed by atoms with Gasteiger partial charge in [0.15, 0.2) is 16.6 Å². The fourth-order valence-electron chi connectivity index (χ4n) is 2.63. The summed E-state index contributed by atoms with van der Waals surface area (Å²) < 4.78 is 11.6. The molecule has 0 fully saturated rings. The smallest absolute Gasteiger partial charge is 0.260 e. The number of carbonyl (C=O) groups excluding carboxylic acids is 1. The number of methoxy groups -OCH3 is 2. The van der Waals surface area contributed by atoms with Crippen molar-refractivity contribution in [1.82, 2.24) is 4.98 Å². The van der Waals surface area contributed by atoms with E-state index in [4.69, 9.17) is 9.47 Å². The number of hydrogen-bond acceptors (Lipinski definition) is 5. The van der Waals surface area contributed by atoms with Crippen molar-refractivity contribution in [3.8, 4) is 22.8 Å². The third-order valence-corrected chi connectivity index (χ3v) is 5.45. The zero-order valence-corrected chi connectivity index (χ0v) is 17.6. The summed E-state index contributed by atoms with van der Waals surface area (Å²) in [4.78, 5) is 19.3. The lowest BCUT2D eigenvalue weighted by Crippen LogP contribution is -2.30. The molecule has 0 saturated heterocycles. The Morgan fingerprint density at radius 3 is 2.44 bits per heavy atom. The van der Waals surface area contributed by atoms with Gasteiger partial charge >= 0.3 is 0 Å². The first kappa shape index (κ1) is 19.4. The summed E-state index contributed by atoms with van der Waals surface area (Å²) in [6.07, 6.45) is 0. The van der Waals surface area contributed by atoms with E-state index < -0.39 is 0 Å². The summed E-state index contributed by atoms with van der Waals surface area (Å²) in [6.45, 7) is 2.44. The Hall–Kier alpha value is -2.38. The average Bonchev–Trinajstić information content (AvgIpc) is 3.18. The first-order valence-electron chi connectivity index (χ1n) is 8.32. The average molecular weight is 447 g/mol. The van der Waals surface area contributed by atoms with E-state index in [1.165, 1.54) is 11.3 Å². The second-order valence-electron chi connectivity index (χ2n) is 5.64. The maximum Gasteiger partial charge on any atom is 0.260 e. The quantitative estimate of drug-likeness (QED) is 0.518. The molecule has 0 aliphatic carbocycles. The lowest BCUT2D eigenvalue weighted by molar-refractivity contribution is 0.0988. The van der Waals surface area contributed by atoms with Gasteiger partial charge in [0.2, 0.25) is 0 Å². The van der Waals surface area contributed by atoms with Gasteiger partial charge in [-0.2, -0.15) is 0 Å². The summed E-state index contributed by atoms with van der Waals surface area (Å²) >= 11 is 4.88. The Balaban J connectivity index is 1.89. The molecular formula is C20H19BrN2O3S. The van der Waals surface area contributed by atoms with Crippen molar-refractivity contribution in [2.45, 2.75) is 6.92 Å². The number of hydrogen-bond donors (Lipinski definition) is 0. The zero-order chi connectivity index (χ0) is 19.4. The Kier molecular flexibility index (Phi) is 6.13. The van der Waals surface area contributed by atoms with Crippen LogP contribution in [0.5, 0.6) is 11.5 Å². The maximum atomic E-state index is 13.0. The number of aromatic nitrogens is 1. The molecule has 0 saturated carbocycles. The molecule has 5 nitrogen and oxygen atoms in total. The minimum Gasteiger partial charge on any atom is -0.493 e. The normalized spacial score (nSPS) is 10.5. The van der Waals surface area contributed by atoms with Crippen molar-refractivity contribution in [1.29, 1.82) is 0 Å². The van der Waals surface area contributed by atoms with Crippen LogP contribution in [0.3, 0.4) is 0 Å². The standard InChI is InChI=1S/C20H19BrN2O3S/c1-4-23(19(24)14-7-10-17(25-2)18(11-14)26-3)20-22-16(12-27-20)13-5-8-15(21)9-6-13/h5-12H,4H2,1-3H3. The number of benzene rings is 2. The molecule has 3 rings (SSSR count). The van der Waals surface area contributed by atoms with Crippen LogP contribution in [-0.4, -0.2) is 31.7 Å². The predicted molar refractivity (Wildman–Crippen MR) is 112 cm³/mol. The number of rotatable bonds is 6. The molecule has 0 atom stereocenters. The molecule has 3 aromatic rings. The number of amides is 1. The molecule has 0 bridgehead atoms. The molecule has 0 unspecified atom stereocenters. The number of anilines is 1. The summed E-state index contributed by atoms with van der Waals surface area (Å²) in [5, 5.41) is 2.62. The van der Waals surface area contributed by atoms with Crippen molar-refractivity contribution in [3.05, 3.63) is 57.9 Å². The highest BCUT2D eigenvalue weighted by Gasteiger charge is 2.21. The molecule has 140 valence electrons. The van der Waals surface area contributed by atoms with Crippen LogP contribution >= 0.6 is 27.3 Å². The molecule has 0 radical (unpaired) electrons. The minimum atomic E-state index is -0.129. The molecule has 2 aromatic carbocycles. The second-order valence-corrected chi connectivity index (χ2v) is 7.39. The van der Waals surface area contributed by atoms with Crippen LogP contribution in [0.25, 0.3) is 11.3 Å². The van der Waals surface area contributed by atoms with Gasteiger partial charge in [-0.25, -0.2) is 4.98 Å². The SMILES string of the molecule is CCN(C(=O)c1ccc(OC)c(OC)c1)c1nc(-c2ccc(Br)cc2)cs1. The fourth-order valence-corrected chi connectivity index (χ4v) is 3.79. The summed E-state index contributed by atoms with van der Waals surface area (Å²) in [6, 6.07) is 13.1. The molecular weight excluding hydrogens is 428 g/mol. The third-order valence-electron chi connectivity index (χ3n) is 4.05. The van der Waals surface area contributed by atoms with Gasteiger partial charge in [-0.05, 0) is 37.3 Å². The van der Waals surface area contributed by atoms with Crippen molar-refractivity contribution >= 4 is 38.3 Å². The Morgan fingerprint density at radius 2 is 1.81 bits per heavy atom. The van der Waals surface area contributed by atoms with Gasteiger partial charge in [0.05, 0.1) is 19.9 Å². The highest BCUT2D eigenvalue weighted by atomic mass is 79.9. The van der Waals surface area contributed by atoms with Crippen LogP contribution in [0.2, 0.25) is 0 Å². The number of carbonyl (C=O) groups is 1. The molecule has 1 amide bonds. The van der Waals surface area contributed by atoms with Crippen LogP contribution in [0.15, 0.2) is 52.3 Å². The number of ether oxygens (including phenoxy) is 2. The van der Waals surface area contributed by atoms with Gasteiger partial charge in [-0.15, -0.1) is 11.3 Å². The monoisotopic (exact) mass is 446 g/mol. The van der Waals surface area contributed by atoms with Crippen LogP contribution < -0.4 is 14.4 Å². The molecule has 1 aromatic heterocycles. The molecule has 0 aliphatic heterocycles. The van der Waals surface area contributed by atoms with Crippen LogP contribution in [-0.2, 0) is 0 Å². The van der Waals surface area contributed by atoms with Gasteiger partial charge in [0, 0.05) is 27.5 Å². The lowest BCUT2D eigenvalue weighted by atomic mass is 10.1. The second kappa shape index (κ2) is 8.54.